The summed E-state index contributed by atoms with van der Waals surface area (Å²) in [5.41, 5.74) is 2.59. The van der Waals surface area contributed by atoms with Crippen molar-refractivity contribution in [1.82, 2.24) is 4.90 Å². The first kappa shape index (κ1) is 16.1. The highest BCUT2D eigenvalue weighted by molar-refractivity contribution is 6.33. The van der Waals surface area contributed by atoms with Crippen LogP contribution in [0.5, 0.6) is 0 Å². The molecule has 0 atom stereocenters. The van der Waals surface area contributed by atoms with Crippen molar-refractivity contribution in [3.8, 4) is 0 Å². The summed E-state index contributed by atoms with van der Waals surface area (Å²) in [6, 6.07) is 4.38. The third-order valence-corrected chi connectivity index (χ3v) is 4.25. The average Bonchev–Trinajstić information content (AvgIpc) is 2.97. The fraction of sp³-hybridized carbons (Fsp3) is 0.471. The molecule has 1 aromatic carbocycles. The lowest BCUT2D eigenvalue weighted by Crippen LogP contribution is -2.38. The van der Waals surface area contributed by atoms with Crippen LogP contribution in [0.3, 0.4) is 0 Å². The van der Waals surface area contributed by atoms with Crippen molar-refractivity contribution in [2.45, 2.75) is 26.4 Å². The summed E-state index contributed by atoms with van der Waals surface area (Å²) in [5, 5.41) is 0.538. The van der Waals surface area contributed by atoms with E-state index in [1.807, 2.05) is 25.7 Å². The fourth-order valence-electron chi connectivity index (χ4n) is 2.93. The minimum absolute atomic E-state index is 0.290. The van der Waals surface area contributed by atoms with E-state index in [9.17, 15) is 9.18 Å². The van der Waals surface area contributed by atoms with Crippen LogP contribution >= 0.6 is 11.6 Å². The summed E-state index contributed by atoms with van der Waals surface area (Å²) >= 11 is 6.17. The number of hydrogen-bond acceptors (Lipinski definition) is 3. The lowest BCUT2D eigenvalue weighted by Gasteiger charge is -2.27. The normalized spacial score (nSPS) is 17.8. The zero-order valence-corrected chi connectivity index (χ0v) is 14.3. The Balaban J connectivity index is 1.64. The van der Waals surface area contributed by atoms with Gasteiger partial charge >= 0.3 is 6.09 Å². The molecule has 2 aliphatic heterocycles. The predicted octanol–water partition coefficient (Wildman–Crippen LogP) is 3.85. The van der Waals surface area contributed by atoms with Crippen LogP contribution in [0.25, 0.3) is 0 Å². The number of ether oxygens (including phenoxy) is 1. The number of hydrogen-bond donors (Lipinski definition) is 0. The number of amides is 1. The first-order valence-corrected chi connectivity index (χ1v) is 7.98. The molecule has 0 saturated heterocycles. The van der Waals surface area contributed by atoms with Gasteiger partial charge in [0.1, 0.15) is 11.4 Å². The number of rotatable bonds is 1. The molecule has 1 amide bonds. The molecular formula is C17H20ClFN2O2. The molecule has 2 heterocycles. The zero-order valence-electron chi connectivity index (χ0n) is 13.5. The van der Waals surface area contributed by atoms with Crippen molar-refractivity contribution in [3.63, 3.8) is 0 Å². The van der Waals surface area contributed by atoms with Crippen LogP contribution in [0.1, 0.15) is 20.8 Å². The van der Waals surface area contributed by atoms with E-state index in [1.165, 1.54) is 23.3 Å². The lowest BCUT2D eigenvalue weighted by molar-refractivity contribution is 0.0297. The highest BCUT2D eigenvalue weighted by Crippen LogP contribution is 2.34. The van der Waals surface area contributed by atoms with Crippen LogP contribution in [0.15, 0.2) is 29.3 Å². The Bertz CT molecular complexity index is 664. The molecule has 0 saturated carbocycles. The Morgan fingerprint density at radius 2 is 1.78 bits per heavy atom. The van der Waals surface area contributed by atoms with E-state index in [0.29, 0.717) is 36.9 Å². The maximum atomic E-state index is 13.4. The van der Waals surface area contributed by atoms with Crippen molar-refractivity contribution < 1.29 is 13.9 Å². The van der Waals surface area contributed by atoms with Gasteiger partial charge in [0.2, 0.25) is 0 Å². The highest BCUT2D eigenvalue weighted by Gasteiger charge is 2.34. The predicted molar refractivity (Wildman–Crippen MR) is 88.5 cm³/mol. The smallest absolute Gasteiger partial charge is 0.410 e. The second-order valence-electron chi connectivity index (χ2n) is 7.00. The molecule has 0 N–H and O–H groups in total. The SMILES string of the molecule is CC(C)(C)OC(=O)N1CC2=C(C1)CN(c1cc(F)ccc1Cl)C2. The van der Waals surface area contributed by atoms with Gasteiger partial charge < -0.3 is 14.5 Å². The van der Waals surface area contributed by atoms with E-state index >= 15 is 0 Å². The maximum absolute atomic E-state index is 13.4. The summed E-state index contributed by atoms with van der Waals surface area (Å²) < 4.78 is 18.9. The van der Waals surface area contributed by atoms with Crippen molar-refractivity contribution in [2.75, 3.05) is 31.1 Å². The van der Waals surface area contributed by atoms with Gasteiger partial charge in [-0.25, -0.2) is 9.18 Å². The van der Waals surface area contributed by atoms with E-state index in [2.05, 4.69) is 0 Å². The molecule has 1 aromatic rings. The molecule has 0 radical (unpaired) electrons. The number of nitrogens with zero attached hydrogens (tertiary/aromatic N) is 2. The molecule has 0 unspecified atom stereocenters. The third kappa shape index (κ3) is 3.44. The summed E-state index contributed by atoms with van der Waals surface area (Å²) in [6.45, 7) is 8.03. The quantitative estimate of drug-likeness (QED) is 0.729. The number of carbonyl (C=O) groups excluding carboxylic acids is 1. The van der Waals surface area contributed by atoms with Crippen LogP contribution in [0, 0.1) is 5.82 Å². The molecule has 124 valence electrons. The minimum Gasteiger partial charge on any atom is -0.444 e. The van der Waals surface area contributed by atoms with Crippen molar-refractivity contribution in [1.29, 1.82) is 0 Å². The van der Waals surface area contributed by atoms with Crippen LogP contribution in [0.2, 0.25) is 5.02 Å². The molecule has 3 rings (SSSR count). The lowest BCUT2D eigenvalue weighted by atomic mass is 10.2. The summed E-state index contributed by atoms with van der Waals surface area (Å²) in [7, 11) is 0. The Hall–Kier alpha value is -1.75. The Labute approximate surface area is 140 Å². The first-order valence-electron chi connectivity index (χ1n) is 7.60. The monoisotopic (exact) mass is 338 g/mol. The van der Waals surface area contributed by atoms with Crippen LogP contribution < -0.4 is 4.90 Å². The third-order valence-electron chi connectivity index (χ3n) is 3.93. The van der Waals surface area contributed by atoms with Crippen LogP contribution in [-0.2, 0) is 4.74 Å². The number of halogens is 2. The van der Waals surface area contributed by atoms with E-state index in [0.717, 1.165) is 0 Å². The standard InChI is InChI=1S/C17H20ClFN2O2/c1-17(2,3)23-16(22)21-9-11-7-20(8-12(11)10-21)15-6-13(19)4-5-14(15)18/h4-6H,7-10H2,1-3H3. The number of anilines is 1. The Morgan fingerprint density at radius 1 is 1.17 bits per heavy atom. The maximum Gasteiger partial charge on any atom is 0.410 e. The van der Waals surface area contributed by atoms with Gasteiger partial charge in [-0.15, -0.1) is 0 Å². The van der Waals surface area contributed by atoms with Gasteiger partial charge in [0.05, 0.1) is 10.7 Å². The molecule has 0 spiro atoms. The van der Waals surface area contributed by atoms with Gasteiger partial charge in [0.25, 0.3) is 0 Å². The molecule has 0 fully saturated rings. The van der Waals surface area contributed by atoms with Gasteiger partial charge in [0.15, 0.2) is 0 Å². The van der Waals surface area contributed by atoms with Gasteiger partial charge in [0, 0.05) is 26.2 Å². The Kier molecular flexibility index (Phi) is 4.00. The minimum atomic E-state index is -0.495. The largest absolute Gasteiger partial charge is 0.444 e. The number of benzene rings is 1. The average molecular weight is 339 g/mol. The summed E-state index contributed by atoms with van der Waals surface area (Å²) in [4.78, 5) is 15.9. The van der Waals surface area contributed by atoms with Gasteiger partial charge in [-0.3, -0.25) is 0 Å². The van der Waals surface area contributed by atoms with E-state index in [1.54, 1.807) is 11.0 Å². The highest BCUT2D eigenvalue weighted by atomic mass is 35.5. The summed E-state index contributed by atoms with van der Waals surface area (Å²) in [5.74, 6) is -0.299. The number of carbonyl (C=O) groups is 1. The molecule has 0 aliphatic carbocycles. The molecule has 6 heteroatoms. The molecule has 0 bridgehead atoms. The first-order chi connectivity index (χ1) is 10.7. The van der Waals surface area contributed by atoms with E-state index in [-0.39, 0.29) is 11.9 Å². The molecule has 2 aliphatic rings. The zero-order chi connectivity index (χ0) is 16.8. The molecule has 4 nitrogen and oxygen atoms in total. The fourth-order valence-corrected chi connectivity index (χ4v) is 3.17. The van der Waals surface area contributed by atoms with Gasteiger partial charge in [-0.1, -0.05) is 11.6 Å². The molecule has 0 aromatic heterocycles. The van der Waals surface area contributed by atoms with Gasteiger partial charge in [-0.2, -0.15) is 0 Å². The second-order valence-corrected chi connectivity index (χ2v) is 7.40. The molecule has 23 heavy (non-hydrogen) atoms. The second kappa shape index (κ2) is 5.71. The van der Waals surface area contributed by atoms with E-state index < -0.39 is 5.60 Å². The molecular weight excluding hydrogens is 319 g/mol. The van der Waals surface area contributed by atoms with E-state index in [4.69, 9.17) is 16.3 Å². The summed E-state index contributed by atoms with van der Waals surface area (Å²) in [6.07, 6.45) is -0.290. The van der Waals surface area contributed by atoms with Crippen molar-refractivity contribution in [2.24, 2.45) is 0 Å². The van der Waals surface area contributed by atoms with Gasteiger partial charge in [-0.05, 0) is 50.1 Å². The van der Waals surface area contributed by atoms with Crippen molar-refractivity contribution >= 4 is 23.4 Å². The van der Waals surface area contributed by atoms with Crippen LogP contribution in [0.4, 0.5) is 14.9 Å². The van der Waals surface area contributed by atoms with Crippen molar-refractivity contribution in [3.05, 3.63) is 40.2 Å². The topological polar surface area (TPSA) is 32.8 Å². The Morgan fingerprint density at radius 3 is 2.35 bits per heavy atom. The van der Waals surface area contributed by atoms with Crippen LogP contribution in [-0.4, -0.2) is 42.8 Å².